The molecule has 1 N–H and O–H groups in total. The maximum Gasteiger partial charge on any atom is 0.253 e. The zero-order valence-electron chi connectivity index (χ0n) is 24.0. The highest BCUT2D eigenvalue weighted by atomic mass is 16.5. The van der Waals surface area contributed by atoms with Gasteiger partial charge in [-0.05, 0) is 72.2 Å². The van der Waals surface area contributed by atoms with Gasteiger partial charge in [-0.15, -0.1) is 5.10 Å². The van der Waals surface area contributed by atoms with Crippen molar-refractivity contribution < 1.29 is 9.47 Å². The minimum Gasteiger partial charge on any atom is -0.497 e. The van der Waals surface area contributed by atoms with Crippen molar-refractivity contribution in [1.82, 2.24) is 35.0 Å². The molecule has 2 aliphatic rings. The third-order valence-corrected chi connectivity index (χ3v) is 8.45. The molecule has 3 heterocycles. The number of methoxy groups -OCH3 is 1. The molecule has 1 saturated heterocycles. The molecule has 216 valence electrons. The van der Waals surface area contributed by atoms with Crippen molar-refractivity contribution in [3.63, 3.8) is 0 Å². The minimum atomic E-state index is -0.352. The Bertz CT molecular complexity index is 1520. The molecule has 1 aliphatic carbocycles. The molecular weight excluding hydrogens is 518 g/mol. The fourth-order valence-corrected chi connectivity index (χ4v) is 6.34. The summed E-state index contributed by atoms with van der Waals surface area (Å²) in [4.78, 5) is 21.6. The molecule has 4 aromatic rings. The van der Waals surface area contributed by atoms with E-state index in [1.165, 1.54) is 24.8 Å². The number of H-pyrrole nitrogens is 1. The van der Waals surface area contributed by atoms with Gasteiger partial charge in [0.25, 0.3) is 5.56 Å². The first-order chi connectivity index (χ1) is 20.1. The Morgan fingerprint density at radius 2 is 1.83 bits per heavy atom. The second-order valence-electron chi connectivity index (χ2n) is 11.1. The number of hydrogen-bond donors (Lipinski definition) is 1. The van der Waals surface area contributed by atoms with Crippen LogP contribution in [-0.2, 0) is 6.54 Å². The highest BCUT2D eigenvalue weighted by Gasteiger charge is 2.34. The molecule has 1 aliphatic heterocycles. The van der Waals surface area contributed by atoms with Gasteiger partial charge < -0.3 is 14.5 Å². The van der Waals surface area contributed by atoms with Crippen molar-refractivity contribution in [1.29, 1.82) is 0 Å². The molecular formula is C31H39N7O3. The third-order valence-electron chi connectivity index (χ3n) is 8.45. The van der Waals surface area contributed by atoms with Gasteiger partial charge in [0, 0.05) is 49.2 Å². The first-order valence-corrected chi connectivity index (χ1v) is 14.8. The summed E-state index contributed by atoms with van der Waals surface area (Å²) in [5.41, 5.74) is 2.57. The molecule has 1 atom stereocenters. The lowest BCUT2D eigenvalue weighted by molar-refractivity contribution is 0.0982. The Balaban J connectivity index is 1.33. The van der Waals surface area contributed by atoms with Crippen LogP contribution < -0.4 is 15.0 Å². The second kappa shape index (κ2) is 12.4. The number of benzene rings is 2. The molecule has 0 unspecified atom stereocenters. The summed E-state index contributed by atoms with van der Waals surface area (Å²) in [6.07, 6.45) is 5.72. The van der Waals surface area contributed by atoms with Gasteiger partial charge in [0.15, 0.2) is 5.82 Å². The number of tetrazole rings is 1. The standard InChI is InChI=1S/C31H39N7O3/c1-3-41-26-12-13-28-23(19-26)20-27(31(39)32-28)29(30-33-34-35-38(30)24-9-5-4-6-10-24)37-16-14-36(15-17-37)21-22-8-7-11-25(18-22)40-2/h7-8,11-13,18-20,24,29H,3-6,9-10,14-17,21H2,1-2H3,(H,32,39)/t29-/m1/s1. The largest absolute Gasteiger partial charge is 0.497 e. The van der Waals surface area contributed by atoms with Gasteiger partial charge in [-0.25, -0.2) is 4.68 Å². The fourth-order valence-electron chi connectivity index (χ4n) is 6.34. The van der Waals surface area contributed by atoms with E-state index >= 15 is 0 Å². The van der Waals surface area contributed by atoms with E-state index in [-0.39, 0.29) is 17.6 Å². The summed E-state index contributed by atoms with van der Waals surface area (Å²) in [5.74, 6) is 2.41. The van der Waals surface area contributed by atoms with E-state index in [4.69, 9.17) is 9.47 Å². The average Bonchev–Trinajstić information content (AvgIpc) is 3.49. The molecule has 2 fully saturated rings. The van der Waals surface area contributed by atoms with E-state index in [1.54, 1.807) is 7.11 Å². The highest BCUT2D eigenvalue weighted by molar-refractivity contribution is 5.80. The zero-order chi connectivity index (χ0) is 28.2. The SMILES string of the molecule is CCOc1ccc2[nH]c(=O)c([C@H](c3nnnn3C3CCCCC3)N3CCN(Cc4cccc(OC)c4)CC3)cc2c1. The molecule has 10 nitrogen and oxygen atoms in total. The Kier molecular flexibility index (Phi) is 8.29. The van der Waals surface area contributed by atoms with Crippen LogP contribution in [0.2, 0.25) is 0 Å². The van der Waals surface area contributed by atoms with E-state index < -0.39 is 0 Å². The van der Waals surface area contributed by atoms with Gasteiger partial charge in [0.1, 0.15) is 17.5 Å². The first-order valence-electron chi connectivity index (χ1n) is 14.8. The molecule has 0 amide bonds. The lowest BCUT2D eigenvalue weighted by Crippen LogP contribution is -2.48. The van der Waals surface area contributed by atoms with Crippen LogP contribution in [0.25, 0.3) is 10.9 Å². The van der Waals surface area contributed by atoms with Crippen molar-refractivity contribution in [2.24, 2.45) is 0 Å². The fraction of sp³-hybridized carbons (Fsp3) is 0.484. The predicted octanol–water partition coefficient (Wildman–Crippen LogP) is 4.33. The molecule has 0 spiro atoms. The highest BCUT2D eigenvalue weighted by Crippen LogP contribution is 2.34. The van der Waals surface area contributed by atoms with E-state index in [0.29, 0.717) is 12.2 Å². The van der Waals surface area contributed by atoms with Crippen molar-refractivity contribution in [2.45, 2.75) is 57.7 Å². The minimum absolute atomic E-state index is 0.108. The first kappa shape index (κ1) is 27.4. The smallest absolute Gasteiger partial charge is 0.253 e. The molecule has 0 radical (unpaired) electrons. The number of nitrogens with one attached hydrogen (secondary N) is 1. The van der Waals surface area contributed by atoms with E-state index in [0.717, 1.165) is 73.8 Å². The summed E-state index contributed by atoms with van der Waals surface area (Å²) < 4.78 is 13.2. The Morgan fingerprint density at radius 1 is 1.00 bits per heavy atom. The topological polar surface area (TPSA) is 101 Å². The predicted molar refractivity (Wildman–Crippen MR) is 157 cm³/mol. The maximum atomic E-state index is 13.7. The van der Waals surface area contributed by atoms with Crippen LogP contribution in [-0.4, -0.2) is 74.9 Å². The van der Waals surface area contributed by atoms with Gasteiger partial charge in [0.05, 0.1) is 19.8 Å². The van der Waals surface area contributed by atoms with Crippen LogP contribution in [0.1, 0.15) is 68.1 Å². The van der Waals surface area contributed by atoms with E-state index in [1.807, 2.05) is 48.0 Å². The quantitative estimate of drug-likeness (QED) is 0.325. The monoisotopic (exact) mass is 557 g/mol. The molecule has 0 bridgehead atoms. The van der Waals surface area contributed by atoms with Gasteiger partial charge in [-0.1, -0.05) is 31.4 Å². The second-order valence-corrected chi connectivity index (χ2v) is 11.1. The van der Waals surface area contributed by atoms with Crippen LogP contribution >= 0.6 is 0 Å². The van der Waals surface area contributed by atoms with Crippen LogP contribution in [0.3, 0.4) is 0 Å². The number of rotatable bonds is 9. The average molecular weight is 558 g/mol. The number of aromatic nitrogens is 5. The number of piperazine rings is 1. The maximum absolute atomic E-state index is 13.7. The number of fused-ring (bicyclic) bond motifs is 1. The number of nitrogens with zero attached hydrogens (tertiary/aromatic N) is 6. The lowest BCUT2D eigenvalue weighted by atomic mass is 9.95. The van der Waals surface area contributed by atoms with Gasteiger partial charge in [0.2, 0.25) is 0 Å². The number of pyridine rings is 1. The third kappa shape index (κ3) is 5.99. The summed E-state index contributed by atoms with van der Waals surface area (Å²) in [5, 5.41) is 14.1. The van der Waals surface area contributed by atoms with Gasteiger partial charge in [-0.3, -0.25) is 14.6 Å². The van der Waals surface area contributed by atoms with E-state index in [9.17, 15) is 4.79 Å². The molecule has 10 heteroatoms. The molecule has 2 aromatic heterocycles. The Morgan fingerprint density at radius 3 is 2.61 bits per heavy atom. The molecule has 1 saturated carbocycles. The Hall–Kier alpha value is -3.76. The number of ether oxygens (including phenoxy) is 2. The van der Waals surface area contributed by atoms with Crippen LogP contribution in [0.5, 0.6) is 11.5 Å². The Labute approximate surface area is 240 Å². The summed E-state index contributed by atoms with van der Waals surface area (Å²) in [6, 6.07) is 15.9. The van der Waals surface area contributed by atoms with Crippen LogP contribution in [0.4, 0.5) is 0 Å². The zero-order valence-corrected chi connectivity index (χ0v) is 24.0. The van der Waals surface area contributed by atoms with Crippen molar-refractivity contribution in [3.05, 3.63) is 75.8 Å². The number of aromatic amines is 1. The van der Waals surface area contributed by atoms with Crippen LogP contribution in [0.15, 0.2) is 53.3 Å². The summed E-state index contributed by atoms with van der Waals surface area (Å²) >= 11 is 0. The van der Waals surface area contributed by atoms with Gasteiger partial charge in [-0.2, -0.15) is 0 Å². The lowest BCUT2D eigenvalue weighted by Gasteiger charge is -2.39. The van der Waals surface area contributed by atoms with E-state index in [2.05, 4.69) is 42.4 Å². The normalized spacial score (nSPS) is 18.0. The van der Waals surface area contributed by atoms with Crippen molar-refractivity contribution in [3.8, 4) is 11.5 Å². The number of hydrogen-bond acceptors (Lipinski definition) is 8. The summed E-state index contributed by atoms with van der Waals surface area (Å²) in [7, 11) is 1.70. The molecule has 6 rings (SSSR count). The summed E-state index contributed by atoms with van der Waals surface area (Å²) in [6.45, 7) is 6.74. The van der Waals surface area contributed by atoms with Crippen LogP contribution in [0, 0.1) is 0 Å². The van der Waals surface area contributed by atoms with Crippen molar-refractivity contribution in [2.75, 3.05) is 39.9 Å². The van der Waals surface area contributed by atoms with Gasteiger partial charge >= 0.3 is 0 Å². The molecule has 2 aromatic carbocycles. The molecule has 41 heavy (non-hydrogen) atoms. The van der Waals surface area contributed by atoms with Crippen molar-refractivity contribution >= 4 is 10.9 Å².